The van der Waals surface area contributed by atoms with Gasteiger partial charge in [0.15, 0.2) is 0 Å². The molecule has 0 saturated heterocycles. The van der Waals surface area contributed by atoms with E-state index < -0.39 is 21.5 Å². The van der Waals surface area contributed by atoms with Crippen molar-refractivity contribution in [1.82, 2.24) is 9.62 Å². The number of benzene rings is 3. The van der Waals surface area contributed by atoms with Crippen LogP contribution in [0.1, 0.15) is 43.4 Å². The molecule has 0 aromatic heterocycles. The van der Waals surface area contributed by atoms with Gasteiger partial charge in [0.1, 0.15) is 10.6 Å². The minimum absolute atomic E-state index is 0.0305. The van der Waals surface area contributed by atoms with Crippen LogP contribution in [0.5, 0.6) is 0 Å². The van der Waals surface area contributed by atoms with Gasteiger partial charge >= 0.3 is 0 Å². The molecule has 170 valence electrons. The number of carbonyl (C=O) groups excluding carboxylic acids is 1. The molecule has 0 bridgehead atoms. The van der Waals surface area contributed by atoms with Crippen LogP contribution < -0.4 is 5.32 Å². The molecule has 0 saturated carbocycles. The van der Waals surface area contributed by atoms with E-state index in [2.05, 4.69) is 5.32 Å². The maximum absolute atomic E-state index is 13.6. The Labute approximate surface area is 195 Å². The summed E-state index contributed by atoms with van der Waals surface area (Å²) in [4.78, 5) is 13.5. The predicted octanol–water partition coefficient (Wildman–Crippen LogP) is 4.75. The summed E-state index contributed by atoms with van der Waals surface area (Å²) in [5.41, 5.74) is 1.89. The molecule has 5 nitrogen and oxygen atoms in total. The van der Waals surface area contributed by atoms with Crippen LogP contribution >= 0.6 is 0 Å². The zero-order chi connectivity index (χ0) is 23.6. The average Bonchev–Trinajstić information content (AvgIpc) is 3.00. The quantitative estimate of drug-likeness (QED) is 0.577. The SMILES string of the molecule is CC(C)(C)N1C(=O)C(NCC(c2ccccc2)c2ccccc2)=C(c2ccccc2)S1(=O)=O. The molecule has 0 spiro atoms. The van der Waals surface area contributed by atoms with E-state index in [0.717, 1.165) is 15.4 Å². The Kier molecular flexibility index (Phi) is 6.13. The lowest BCUT2D eigenvalue weighted by atomic mass is 9.91. The monoisotopic (exact) mass is 460 g/mol. The van der Waals surface area contributed by atoms with E-state index in [1.54, 1.807) is 45.0 Å². The Hall–Kier alpha value is -3.38. The number of rotatable bonds is 6. The summed E-state index contributed by atoms with van der Waals surface area (Å²) in [5.74, 6) is -0.586. The van der Waals surface area contributed by atoms with Crippen LogP contribution in [-0.2, 0) is 14.8 Å². The number of carbonyl (C=O) groups is 1. The first kappa shape index (κ1) is 22.8. The number of amides is 1. The predicted molar refractivity (Wildman–Crippen MR) is 132 cm³/mol. The number of nitrogens with one attached hydrogen (secondary N) is 1. The molecule has 6 heteroatoms. The molecular formula is C27H28N2O3S. The van der Waals surface area contributed by atoms with E-state index >= 15 is 0 Å². The van der Waals surface area contributed by atoms with Crippen LogP contribution in [0.3, 0.4) is 0 Å². The van der Waals surface area contributed by atoms with Gasteiger partial charge in [0.2, 0.25) is 0 Å². The summed E-state index contributed by atoms with van der Waals surface area (Å²) >= 11 is 0. The molecule has 1 N–H and O–H groups in total. The van der Waals surface area contributed by atoms with E-state index in [-0.39, 0.29) is 16.5 Å². The van der Waals surface area contributed by atoms with Gasteiger partial charge in [0, 0.05) is 12.5 Å². The minimum atomic E-state index is -4.01. The van der Waals surface area contributed by atoms with Gasteiger partial charge in [0.05, 0.1) is 5.54 Å². The lowest BCUT2D eigenvalue weighted by Crippen LogP contribution is -2.47. The molecule has 0 atom stereocenters. The second-order valence-corrected chi connectivity index (χ2v) is 10.8. The number of hydrogen-bond acceptors (Lipinski definition) is 4. The molecule has 3 aromatic rings. The van der Waals surface area contributed by atoms with Gasteiger partial charge < -0.3 is 5.32 Å². The van der Waals surface area contributed by atoms with Gasteiger partial charge in [-0.25, -0.2) is 12.7 Å². The first-order chi connectivity index (χ1) is 15.7. The fraction of sp³-hybridized carbons (Fsp3) is 0.222. The lowest BCUT2D eigenvalue weighted by molar-refractivity contribution is -0.125. The highest BCUT2D eigenvalue weighted by Crippen LogP contribution is 2.39. The number of nitrogens with zero attached hydrogens (tertiary/aromatic N) is 1. The second kappa shape index (κ2) is 8.87. The molecule has 3 aromatic carbocycles. The molecule has 0 unspecified atom stereocenters. The topological polar surface area (TPSA) is 66.5 Å². The molecule has 0 aliphatic carbocycles. The van der Waals surface area contributed by atoms with E-state index in [9.17, 15) is 13.2 Å². The van der Waals surface area contributed by atoms with E-state index in [4.69, 9.17) is 0 Å². The summed E-state index contributed by atoms with van der Waals surface area (Å²) in [6.45, 7) is 5.55. The van der Waals surface area contributed by atoms with Crippen molar-refractivity contribution in [1.29, 1.82) is 0 Å². The zero-order valence-electron chi connectivity index (χ0n) is 19.0. The van der Waals surface area contributed by atoms with Crippen molar-refractivity contribution in [3.05, 3.63) is 113 Å². The minimum Gasteiger partial charge on any atom is -0.378 e. The van der Waals surface area contributed by atoms with Crippen molar-refractivity contribution in [2.45, 2.75) is 32.2 Å². The molecule has 1 aliphatic rings. The van der Waals surface area contributed by atoms with E-state index in [1.807, 2.05) is 66.7 Å². The normalized spacial score (nSPS) is 15.9. The third-order valence-corrected chi connectivity index (χ3v) is 7.81. The Morgan fingerprint density at radius 1 is 0.788 bits per heavy atom. The van der Waals surface area contributed by atoms with Gasteiger partial charge in [-0.3, -0.25) is 4.79 Å². The summed E-state index contributed by atoms with van der Waals surface area (Å²) in [6, 6.07) is 28.8. The average molecular weight is 461 g/mol. The fourth-order valence-corrected chi connectivity index (χ4v) is 6.30. The standard InChI is InChI=1S/C27H28N2O3S/c1-27(2,3)29-26(30)24(25(33(29,31)32)22-17-11-6-12-18-22)28-19-23(20-13-7-4-8-14-20)21-15-9-5-10-16-21/h4-18,23,28H,19H2,1-3H3. The Balaban J connectivity index is 1.78. The van der Waals surface area contributed by atoms with Crippen LogP contribution in [0, 0.1) is 0 Å². The maximum Gasteiger partial charge on any atom is 0.285 e. The fourth-order valence-electron chi connectivity index (χ4n) is 4.23. The Morgan fingerprint density at radius 3 is 1.70 bits per heavy atom. The third kappa shape index (κ3) is 4.44. The smallest absolute Gasteiger partial charge is 0.285 e. The van der Waals surface area contributed by atoms with Crippen LogP contribution in [0.2, 0.25) is 0 Å². The van der Waals surface area contributed by atoms with Gasteiger partial charge in [-0.2, -0.15) is 0 Å². The van der Waals surface area contributed by atoms with Gasteiger partial charge in [-0.15, -0.1) is 0 Å². The third-order valence-electron chi connectivity index (χ3n) is 5.66. The van der Waals surface area contributed by atoms with Crippen LogP contribution in [-0.4, -0.2) is 30.7 Å². The van der Waals surface area contributed by atoms with Crippen LogP contribution in [0.15, 0.2) is 96.7 Å². The molecule has 33 heavy (non-hydrogen) atoms. The van der Waals surface area contributed by atoms with Gasteiger partial charge in [0.25, 0.3) is 15.9 Å². The summed E-state index contributed by atoms with van der Waals surface area (Å²) < 4.78 is 28.1. The molecule has 0 radical (unpaired) electrons. The van der Waals surface area contributed by atoms with Crippen LogP contribution in [0.4, 0.5) is 0 Å². The lowest BCUT2D eigenvalue weighted by Gasteiger charge is -2.30. The van der Waals surface area contributed by atoms with Crippen molar-refractivity contribution < 1.29 is 13.2 Å². The summed E-state index contributed by atoms with van der Waals surface area (Å²) in [5, 5.41) is 3.24. The van der Waals surface area contributed by atoms with Crippen molar-refractivity contribution in [3.63, 3.8) is 0 Å². The maximum atomic E-state index is 13.6. The number of hydrogen-bond donors (Lipinski definition) is 1. The van der Waals surface area contributed by atoms with Crippen LogP contribution in [0.25, 0.3) is 4.91 Å². The first-order valence-corrected chi connectivity index (χ1v) is 12.4. The highest BCUT2D eigenvalue weighted by molar-refractivity contribution is 7.99. The van der Waals surface area contributed by atoms with Gasteiger partial charge in [-0.05, 0) is 37.5 Å². The second-order valence-electron chi connectivity index (χ2n) is 9.07. The molecular weight excluding hydrogens is 432 g/mol. The van der Waals surface area contributed by atoms with E-state index in [1.165, 1.54) is 0 Å². The molecule has 0 fully saturated rings. The molecule has 1 amide bonds. The van der Waals surface area contributed by atoms with E-state index in [0.29, 0.717) is 12.1 Å². The highest BCUT2D eigenvalue weighted by Gasteiger charge is 2.49. The van der Waals surface area contributed by atoms with Crippen molar-refractivity contribution in [2.75, 3.05) is 6.54 Å². The number of sulfonamides is 1. The summed E-state index contributed by atoms with van der Waals surface area (Å²) in [6.07, 6.45) is 0. The Bertz CT molecular complexity index is 1220. The first-order valence-electron chi connectivity index (χ1n) is 10.9. The Morgan fingerprint density at radius 2 is 1.24 bits per heavy atom. The molecule has 1 aliphatic heterocycles. The molecule has 1 heterocycles. The summed E-state index contributed by atoms with van der Waals surface area (Å²) in [7, 11) is -4.01. The zero-order valence-corrected chi connectivity index (χ0v) is 19.8. The van der Waals surface area contributed by atoms with Gasteiger partial charge in [-0.1, -0.05) is 91.0 Å². The van der Waals surface area contributed by atoms with Crippen molar-refractivity contribution in [2.24, 2.45) is 0 Å². The van der Waals surface area contributed by atoms with Crippen molar-refractivity contribution >= 4 is 20.8 Å². The largest absolute Gasteiger partial charge is 0.378 e. The highest BCUT2D eigenvalue weighted by atomic mass is 32.2. The van der Waals surface area contributed by atoms with Crippen molar-refractivity contribution in [3.8, 4) is 0 Å². The molecule has 4 rings (SSSR count).